The van der Waals surface area contributed by atoms with E-state index in [0.717, 1.165) is 17.0 Å². The summed E-state index contributed by atoms with van der Waals surface area (Å²) >= 11 is 12.3. The Morgan fingerprint density at radius 1 is 1.12 bits per heavy atom. The van der Waals surface area contributed by atoms with Crippen molar-refractivity contribution in [3.05, 3.63) is 87.7 Å². The number of aromatic nitrogens is 2. The van der Waals surface area contributed by atoms with Gasteiger partial charge in [-0.25, -0.2) is 9.37 Å². The third kappa shape index (κ3) is 4.35. The molecule has 0 saturated carbocycles. The summed E-state index contributed by atoms with van der Waals surface area (Å²) in [5.74, 6) is 0.581. The van der Waals surface area contributed by atoms with Gasteiger partial charge in [0.15, 0.2) is 0 Å². The zero-order chi connectivity index (χ0) is 16.9. The Bertz CT molecular complexity index is 789. The second kappa shape index (κ2) is 7.79. The van der Waals surface area contributed by atoms with Crippen molar-refractivity contribution in [2.75, 3.05) is 0 Å². The zero-order valence-corrected chi connectivity index (χ0v) is 14.3. The lowest BCUT2D eigenvalue weighted by Gasteiger charge is -2.20. The van der Waals surface area contributed by atoms with Gasteiger partial charge in [-0.1, -0.05) is 41.4 Å². The van der Waals surface area contributed by atoms with Crippen LogP contribution in [0.3, 0.4) is 0 Å². The summed E-state index contributed by atoms with van der Waals surface area (Å²) < 4.78 is 13.2. The van der Waals surface area contributed by atoms with Crippen LogP contribution in [-0.4, -0.2) is 9.97 Å². The predicted molar refractivity (Wildman–Crippen MR) is 94.7 cm³/mol. The van der Waals surface area contributed by atoms with Gasteiger partial charge in [0.25, 0.3) is 0 Å². The smallest absolute Gasteiger partial charge is 0.123 e. The maximum atomic E-state index is 13.2. The molecule has 0 fully saturated rings. The Hall–Kier alpha value is -1.88. The van der Waals surface area contributed by atoms with Crippen molar-refractivity contribution in [1.82, 2.24) is 15.3 Å². The van der Waals surface area contributed by atoms with Gasteiger partial charge >= 0.3 is 0 Å². The van der Waals surface area contributed by atoms with Gasteiger partial charge in [-0.3, -0.25) is 0 Å². The highest BCUT2D eigenvalue weighted by Gasteiger charge is 2.15. The lowest BCUT2D eigenvalue weighted by atomic mass is 9.98. The molecule has 0 unspecified atom stereocenters. The highest BCUT2D eigenvalue weighted by molar-refractivity contribution is 6.35. The first-order valence-corrected chi connectivity index (χ1v) is 8.28. The normalized spacial score (nSPS) is 12.3. The van der Waals surface area contributed by atoms with Gasteiger partial charge in [0.1, 0.15) is 11.6 Å². The first kappa shape index (κ1) is 17.0. The molecule has 1 atom stereocenters. The molecule has 24 heavy (non-hydrogen) atoms. The van der Waals surface area contributed by atoms with Crippen molar-refractivity contribution < 1.29 is 4.39 Å². The number of nitrogens with zero attached hydrogens (tertiary/aromatic N) is 1. The Morgan fingerprint density at radius 2 is 1.92 bits per heavy atom. The van der Waals surface area contributed by atoms with Crippen molar-refractivity contribution in [3.63, 3.8) is 0 Å². The van der Waals surface area contributed by atoms with Crippen LogP contribution in [-0.2, 0) is 13.0 Å². The molecular formula is C18H16Cl2FN3. The SMILES string of the molecule is Fc1ccc([C@H](Cc2ccc(Cl)cc2Cl)NCc2ncc[nH]2)cc1. The van der Waals surface area contributed by atoms with E-state index >= 15 is 0 Å². The number of nitrogens with one attached hydrogen (secondary N) is 2. The molecule has 0 aliphatic heterocycles. The zero-order valence-electron chi connectivity index (χ0n) is 12.8. The topological polar surface area (TPSA) is 40.7 Å². The van der Waals surface area contributed by atoms with Crippen LogP contribution in [0.25, 0.3) is 0 Å². The number of benzene rings is 2. The van der Waals surface area contributed by atoms with Crippen LogP contribution < -0.4 is 5.32 Å². The maximum absolute atomic E-state index is 13.2. The molecule has 0 saturated heterocycles. The van der Waals surface area contributed by atoms with Gasteiger partial charge in [0, 0.05) is 28.5 Å². The average molecular weight is 364 g/mol. The minimum absolute atomic E-state index is 0.0330. The molecule has 6 heteroatoms. The van der Waals surface area contributed by atoms with Crippen molar-refractivity contribution >= 4 is 23.2 Å². The maximum Gasteiger partial charge on any atom is 0.123 e. The van der Waals surface area contributed by atoms with Crippen LogP contribution in [0.2, 0.25) is 10.0 Å². The molecule has 124 valence electrons. The van der Waals surface area contributed by atoms with E-state index in [1.165, 1.54) is 12.1 Å². The van der Waals surface area contributed by atoms with Crippen molar-refractivity contribution in [3.8, 4) is 0 Å². The summed E-state index contributed by atoms with van der Waals surface area (Å²) in [6, 6.07) is 11.9. The minimum Gasteiger partial charge on any atom is -0.348 e. The Balaban J connectivity index is 1.81. The molecule has 2 aromatic carbocycles. The first-order valence-electron chi connectivity index (χ1n) is 7.53. The number of imidazole rings is 1. The van der Waals surface area contributed by atoms with E-state index in [9.17, 15) is 4.39 Å². The first-order chi connectivity index (χ1) is 11.6. The van der Waals surface area contributed by atoms with Gasteiger partial charge in [-0.15, -0.1) is 0 Å². The fourth-order valence-corrected chi connectivity index (χ4v) is 3.01. The molecule has 0 spiro atoms. The van der Waals surface area contributed by atoms with Crippen molar-refractivity contribution in [2.24, 2.45) is 0 Å². The van der Waals surface area contributed by atoms with E-state index in [-0.39, 0.29) is 11.9 Å². The van der Waals surface area contributed by atoms with Crippen LogP contribution in [0.1, 0.15) is 23.0 Å². The molecule has 3 nitrogen and oxygen atoms in total. The molecule has 0 radical (unpaired) electrons. The molecule has 0 aliphatic carbocycles. The van der Waals surface area contributed by atoms with Gasteiger partial charge < -0.3 is 10.3 Å². The number of rotatable bonds is 6. The van der Waals surface area contributed by atoms with Crippen LogP contribution in [0.15, 0.2) is 54.9 Å². The van der Waals surface area contributed by atoms with Gasteiger partial charge in [-0.05, 0) is 41.8 Å². The van der Waals surface area contributed by atoms with E-state index in [1.807, 2.05) is 12.1 Å². The largest absolute Gasteiger partial charge is 0.348 e. The molecular weight excluding hydrogens is 348 g/mol. The summed E-state index contributed by atoms with van der Waals surface area (Å²) in [6.45, 7) is 0.570. The molecule has 0 bridgehead atoms. The highest BCUT2D eigenvalue weighted by atomic mass is 35.5. The number of H-pyrrole nitrogens is 1. The molecule has 3 rings (SSSR count). The minimum atomic E-state index is -0.256. The molecule has 2 N–H and O–H groups in total. The number of hydrogen-bond donors (Lipinski definition) is 2. The Labute approximate surface area is 149 Å². The summed E-state index contributed by atoms with van der Waals surface area (Å²) in [5, 5.41) is 4.66. The predicted octanol–water partition coefficient (Wildman–Crippen LogP) is 4.93. The molecule has 1 heterocycles. The molecule has 3 aromatic rings. The third-order valence-corrected chi connectivity index (χ3v) is 4.37. The Kier molecular flexibility index (Phi) is 5.51. The third-order valence-electron chi connectivity index (χ3n) is 3.78. The van der Waals surface area contributed by atoms with Gasteiger partial charge in [-0.2, -0.15) is 0 Å². The highest BCUT2D eigenvalue weighted by Crippen LogP contribution is 2.26. The quantitative estimate of drug-likeness (QED) is 0.651. The second-order valence-electron chi connectivity index (χ2n) is 5.46. The van der Waals surface area contributed by atoms with Gasteiger partial charge in [0.2, 0.25) is 0 Å². The van der Waals surface area contributed by atoms with E-state index < -0.39 is 0 Å². The number of halogens is 3. The van der Waals surface area contributed by atoms with Crippen LogP contribution >= 0.6 is 23.2 Å². The standard InChI is InChI=1S/C18H16Cl2FN3/c19-14-4-1-13(16(20)10-14)9-17(12-2-5-15(21)6-3-12)24-11-18-22-7-8-23-18/h1-8,10,17,24H,9,11H2,(H,22,23)/t17-/m0/s1. The molecule has 1 aromatic heterocycles. The Morgan fingerprint density at radius 3 is 2.58 bits per heavy atom. The lowest BCUT2D eigenvalue weighted by molar-refractivity contribution is 0.519. The number of hydrogen-bond acceptors (Lipinski definition) is 2. The molecule has 0 amide bonds. The van der Waals surface area contributed by atoms with Crippen LogP contribution in [0, 0.1) is 5.82 Å². The van der Waals surface area contributed by atoms with E-state index in [2.05, 4.69) is 15.3 Å². The van der Waals surface area contributed by atoms with E-state index in [4.69, 9.17) is 23.2 Å². The fraction of sp³-hybridized carbons (Fsp3) is 0.167. The molecule has 0 aliphatic rings. The van der Waals surface area contributed by atoms with Gasteiger partial charge in [0.05, 0.1) is 6.54 Å². The fourth-order valence-electron chi connectivity index (χ4n) is 2.52. The summed E-state index contributed by atoms with van der Waals surface area (Å²) in [6.07, 6.45) is 4.14. The average Bonchev–Trinajstić information content (AvgIpc) is 3.08. The second-order valence-corrected chi connectivity index (χ2v) is 6.30. The summed E-state index contributed by atoms with van der Waals surface area (Å²) in [7, 11) is 0. The van der Waals surface area contributed by atoms with Crippen LogP contribution in [0.4, 0.5) is 4.39 Å². The number of aromatic amines is 1. The van der Waals surface area contributed by atoms with Crippen molar-refractivity contribution in [1.29, 1.82) is 0 Å². The summed E-state index contributed by atoms with van der Waals surface area (Å²) in [5.41, 5.74) is 1.95. The van der Waals surface area contributed by atoms with Crippen LogP contribution in [0.5, 0.6) is 0 Å². The van der Waals surface area contributed by atoms with E-state index in [1.54, 1.807) is 30.6 Å². The lowest BCUT2D eigenvalue weighted by Crippen LogP contribution is -2.23. The monoisotopic (exact) mass is 363 g/mol. The van der Waals surface area contributed by atoms with E-state index in [0.29, 0.717) is 23.0 Å². The van der Waals surface area contributed by atoms with Crippen molar-refractivity contribution in [2.45, 2.75) is 19.0 Å². The summed E-state index contributed by atoms with van der Waals surface area (Å²) in [4.78, 5) is 7.27.